The van der Waals surface area contributed by atoms with Gasteiger partial charge in [0.1, 0.15) is 19.0 Å². The van der Waals surface area contributed by atoms with Crippen molar-refractivity contribution in [2.45, 2.75) is 32.4 Å². The Kier molecular flexibility index (Phi) is 5.43. The summed E-state index contributed by atoms with van der Waals surface area (Å²) >= 11 is 0. The summed E-state index contributed by atoms with van der Waals surface area (Å²) in [5.74, 6) is 2.02. The topological polar surface area (TPSA) is 56.8 Å². The van der Waals surface area contributed by atoms with Crippen molar-refractivity contribution in [2.24, 2.45) is 0 Å². The zero-order valence-electron chi connectivity index (χ0n) is 14.5. The molecular weight excluding hydrogens is 318 g/mol. The smallest absolute Gasteiger partial charge is 0.261 e. The molecule has 1 N–H and O–H groups in total. The molecule has 0 radical (unpaired) electrons. The maximum atomic E-state index is 12.6. The van der Waals surface area contributed by atoms with E-state index in [0.717, 1.165) is 17.1 Å². The van der Waals surface area contributed by atoms with Crippen LogP contribution in [0.15, 0.2) is 48.5 Å². The van der Waals surface area contributed by atoms with Gasteiger partial charge in [-0.05, 0) is 43.2 Å². The van der Waals surface area contributed by atoms with E-state index in [4.69, 9.17) is 14.2 Å². The summed E-state index contributed by atoms with van der Waals surface area (Å²) in [6.07, 6.45) is 0.0660. The van der Waals surface area contributed by atoms with Gasteiger partial charge in [0, 0.05) is 0 Å². The van der Waals surface area contributed by atoms with Crippen LogP contribution in [0.25, 0.3) is 0 Å². The van der Waals surface area contributed by atoms with Gasteiger partial charge in [-0.3, -0.25) is 4.79 Å². The van der Waals surface area contributed by atoms with Crippen LogP contribution in [0, 0.1) is 0 Å². The Morgan fingerprint density at radius 3 is 2.56 bits per heavy atom. The highest BCUT2D eigenvalue weighted by Gasteiger charge is 2.21. The molecule has 0 saturated heterocycles. The number of rotatable bonds is 6. The van der Waals surface area contributed by atoms with Crippen molar-refractivity contribution < 1.29 is 19.0 Å². The van der Waals surface area contributed by atoms with Crippen molar-refractivity contribution in [2.75, 3.05) is 13.2 Å². The molecular formula is C20H23NO4. The van der Waals surface area contributed by atoms with Crippen LogP contribution < -0.4 is 19.5 Å². The van der Waals surface area contributed by atoms with Gasteiger partial charge in [0.2, 0.25) is 0 Å². The summed E-state index contributed by atoms with van der Waals surface area (Å²) in [6, 6.07) is 15.0. The molecule has 0 unspecified atom stereocenters. The largest absolute Gasteiger partial charge is 0.486 e. The van der Waals surface area contributed by atoms with E-state index < -0.39 is 6.10 Å². The van der Waals surface area contributed by atoms with Crippen molar-refractivity contribution in [3.05, 3.63) is 54.1 Å². The van der Waals surface area contributed by atoms with E-state index in [-0.39, 0.29) is 11.9 Å². The number of carbonyl (C=O) groups excluding carboxylic acids is 1. The third-order valence-electron chi connectivity index (χ3n) is 4.11. The Morgan fingerprint density at radius 2 is 1.84 bits per heavy atom. The third-order valence-corrected chi connectivity index (χ3v) is 4.11. The Labute approximate surface area is 147 Å². The maximum Gasteiger partial charge on any atom is 0.261 e. The number of hydrogen-bond acceptors (Lipinski definition) is 4. The molecule has 3 rings (SSSR count). The van der Waals surface area contributed by atoms with Gasteiger partial charge < -0.3 is 19.5 Å². The predicted molar refractivity (Wildman–Crippen MR) is 95.1 cm³/mol. The average Bonchev–Trinajstić information content (AvgIpc) is 2.66. The molecule has 1 aliphatic heterocycles. The molecule has 5 nitrogen and oxygen atoms in total. The van der Waals surface area contributed by atoms with Gasteiger partial charge in [0.25, 0.3) is 5.91 Å². The van der Waals surface area contributed by atoms with Crippen LogP contribution >= 0.6 is 0 Å². The second-order valence-electron chi connectivity index (χ2n) is 5.96. The van der Waals surface area contributed by atoms with Crippen molar-refractivity contribution in [1.82, 2.24) is 5.32 Å². The molecule has 1 aliphatic rings. The van der Waals surface area contributed by atoms with Crippen molar-refractivity contribution in [1.29, 1.82) is 0 Å². The van der Waals surface area contributed by atoms with Gasteiger partial charge in [-0.15, -0.1) is 0 Å². The number of ether oxygens (including phenoxy) is 3. The molecule has 132 valence electrons. The lowest BCUT2D eigenvalue weighted by Crippen LogP contribution is -2.39. The molecule has 0 fully saturated rings. The maximum absolute atomic E-state index is 12.6. The standard InChI is InChI=1S/C20H23NO4/c1-3-17(25-16-7-5-4-6-8-16)20(22)21-14(2)15-9-10-18-19(13-15)24-12-11-23-18/h4-10,13-14,17H,3,11-12H2,1-2H3,(H,21,22)/t14-,17+/m0/s1. The monoisotopic (exact) mass is 341 g/mol. The summed E-state index contributed by atoms with van der Waals surface area (Å²) in [6.45, 7) is 4.98. The van der Waals surface area contributed by atoms with E-state index in [1.165, 1.54) is 0 Å². The second kappa shape index (κ2) is 7.92. The number of hydrogen-bond donors (Lipinski definition) is 1. The fraction of sp³-hybridized carbons (Fsp3) is 0.350. The number of amides is 1. The van der Waals surface area contributed by atoms with Crippen molar-refractivity contribution in [3.8, 4) is 17.2 Å². The number of benzene rings is 2. The Bertz CT molecular complexity index is 717. The molecule has 2 aromatic rings. The SMILES string of the molecule is CC[C@@H](Oc1ccccc1)C(=O)N[C@@H](C)c1ccc2c(c1)OCCO2. The summed E-state index contributed by atoms with van der Waals surface area (Å²) in [5.41, 5.74) is 0.965. The number of nitrogens with one attached hydrogen (secondary N) is 1. The first-order valence-corrected chi connectivity index (χ1v) is 8.59. The highest BCUT2D eigenvalue weighted by Crippen LogP contribution is 2.32. The summed E-state index contributed by atoms with van der Waals surface area (Å²) in [5, 5.41) is 3.01. The number of carbonyl (C=O) groups is 1. The van der Waals surface area contributed by atoms with E-state index in [2.05, 4.69) is 5.32 Å². The fourth-order valence-corrected chi connectivity index (χ4v) is 2.70. The van der Waals surface area contributed by atoms with E-state index in [1.54, 1.807) is 0 Å². The van der Waals surface area contributed by atoms with Gasteiger partial charge in [0.05, 0.1) is 6.04 Å². The molecule has 2 aromatic carbocycles. The Morgan fingerprint density at radius 1 is 1.12 bits per heavy atom. The van der Waals surface area contributed by atoms with Gasteiger partial charge >= 0.3 is 0 Å². The molecule has 1 amide bonds. The van der Waals surface area contributed by atoms with E-state index in [9.17, 15) is 4.79 Å². The van der Waals surface area contributed by atoms with Crippen LogP contribution in [-0.4, -0.2) is 25.2 Å². The number of para-hydroxylation sites is 1. The molecule has 1 heterocycles. The van der Waals surface area contributed by atoms with Gasteiger partial charge in [-0.25, -0.2) is 0 Å². The van der Waals surface area contributed by atoms with Crippen molar-refractivity contribution >= 4 is 5.91 Å². The highest BCUT2D eigenvalue weighted by atomic mass is 16.6. The molecule has 0 aliphatic carbocycles. The van der Waals surface area contributed by atoms with Crippen LogP contribution in [0.2, 0.25) is 0 Å². The van der Waals surface area contributed by atoms with E-state index in [1.807, 2.05) is 62.4 Å². The molecule has 0 spiro atoms. The lowest BCUT2D eigenvalue weighted by molar-refractivity contribution is -0.128. The molecule has 0 aromatic heterocycles. The third kappa shape index (κ3) is 4.24. The van der Waals surface area contributed by atoms with Crippen LogP contribution in [-0.2, 0) is 4.79 Å². The minimum Gasteiger partial charge on any atom is -0.486 e. The molecule has 0 bridgehead atoms. The molecule has 25 heavy (non-hydrogen) atoms. The average molecular weight is 341 g/mol. The number of fused-ring (bicyclic) bond motifs is 1. The van der Waals surface area contributed by atoms with Crippen LogP contribution in [0.4, 0.5) is 0 Å². The van der Waals surface area contributed by atoms with E-state index in [0.29, 0.717) is 25.4 Å². The minimum absolute atomic E-state index is 0.131. The summed E-state index contributed by atoms with van der Waals surface area (Å²) in [7, 11) is 0. The molecule has 5 heteroatoms. The normalized spacial score (nSPS) is 15.1. The first-order chi connectivity index (χ1) is 12.2. The lowest BCUT2D eigenvalue weighted by Gasteiger charge is -2.23. The van der Waals surface area contributed by atoms with Crippen LogP contribution in [0.1, 0.15) is 31.9 Å². The lowest BCUT2D eigenvalue weighted by atomic mass is 10.1. The minimum atomic E-state index is -0.526. The predicted octanol–water partition coefficient (Wildman–Crippen LogP) is 3.49. The first-order valence-electron chi connectivity index (χ1n) is 8.59. The van der Waals surface area contributed by atoms with Gasteiger partial charge in [-0.1, -0.05) is 31.2 Å². The van der Waals surface area contributed by atoms with Gasteiger partial charge in [0.15, 0.2) is 17.6 Å². The summed E-state index contributed by atoms with van der Waals surface area (Å²) < 4.78 is 16.9. The Hall–Kier alpha value is -2.69. The fourth-order valence-electron chi connectivity index (χ4n) is 2.70. The quantitative estimate of drug-likeness (QED) is 0.874. The molecule has 0 saturated carbocycles. The van der Waals surface area contributed by atoms with Crippen LogP contribution in [0.3, 0.4) is 0 Å². The van der Waals surface area contributed by atoms with Crippen LogP contribution in [0.5, 0.6) is 17.2 Å². The van der Waals surface area contributed by atoms with Crippen molar-refractivity contribution in [3.63, 3.8) is 0 Å². The van der Waals surface area contributed by atoms with E-state index >= 15 is 0 Å². The zero-order chi connectivity index (χ0) is 17.6. The molecule has 2 atom stereocenters. The summed E-state index contributed by atoms with van der Waals surface area (Å²) in [4.78, 5) is 12.6. The second-order valence-corrected chi connectivity index (χ2v) is 5.96. The first kappa shape index (κ1) is 17.1. The Balaban J connectivity index is 1.64. The van der Waals surface area contributed by atoms with Gasteiger partial charge in [-0.2, -0.15) is 0 Å². The highest BCUT2D eigenvalue weighted by molar-refractivity contribution is 5.81. The zero-order valence-corrected chi connectivity index (χ0v) is 14.5.